The molecule has 0 radical (unpaired) electrons. The maximum atomic E-state index is 13.7. The summed E-state index contributed by atoms with van der Waals surface area (Å²) >= 11 is 0. The summed E-state index contributed by atoms with van der Waals surface area (Å²) in [5, 5.41) is 0. The van der Waals surface area contributed by atoms with Crippen LogP contribution in [0.1, 0.15) is 123 Å². The summed E-state index contributed by atoms with van der Waals surface area (Å²) in [6, 6.07) is 0. The van der Waals surface area contributed by atoms with Gasteiger partial charge in [-0.3, -0.25) is 0 Å². The lowest BCUT2D eigenvalue weighted by Crippen LogP contribution is -2.28. The molecule has 1 unspecified atom stereocenters. The van der Waals surface area contributed by atoms with E-state index in [1.807, 2.05) is 6.92 Å². The molecule has 0 saturated carbocycles. The van der Waals surface area contributed by atoms with Crippen molar-refractivity contribution < 1.29 is 26.7 Å². The van der Waals surface area contributed by atoms with Crippen LogP contribution in [-0.4, -0.2) is 12.2 Å². The first kappa shape index (κ1) is 29.9. The zero-order valence-corrected chi connectivity index (χ0v) is 20.8. The third-order valence-corrected chi connectivity index (χ3v) is 6.49. The molecule has 0 aromatic heterocycles. The fourth-order valence-corrected chi connectivity index (χ4v) is 4.45. The summed E-state index contributed by atoms with van der Waals surface area (Å²) in [5.41, 5.74) is -0.784. The Morgan fingerprint density at radius 2 is 0.939 bits per heavy atom. The number of hydrogen-bond donors (Lipinski definition) is 0. The molecule has 0 spiro atoms. The fraction of sp³-hybridized carbons (Fsp3) is 0.778. The van der Waals surface area contributed by atoms with E-state index < -0.39 is 34.6 Å². The molecule has 1 rings (SSSR count). The molecular weight excluding hydrogens is 435 g/mol. The molecule has 1 aromatic rings. The molecule has 0 aliphatic carbocycles. The molecule has 33 heavy (non-hydrogen) atoms. The molecule has 0 aliphatic heterocycles. The van der Waals surface area contributed by atoms with Crippen LogP contribution in [0, 0.1) is 29.1 Å². The first-order valence-corrected chi connectivity index (χ1v) is 12.9. The molecule has 0 fully saturated rings. The lowest BCUT2D eigenvalue weighted by molar-refractivity contribution is -0.0403. The summed E-state index contributed by atoms with van der Waals surface area (Å²) < 4.78 is 73.1. The van der Waals surface area contributed by atoms with E-state index in [2.05, 4.69) is 13.8 Å². The molecule has 192 valence electrons. The molecule has 0 heterocycles. The Morgan fingerprint density at radius 3 is 1.39 bits per heavy atom. The molecule has 1 nitrogen and oxygen atoms in total. The van der Waals surface area contributed by atoms with Crippen LogP contribution in [0.4, 0.5) is 22.0 Å². The summed E-state index contributed by atoms with van der Waals surface area (Å²) in [7, 11) is 0. The second-order valence-electron chi connectivity index (χ2n) is 9.42. The number of hydrogen-bond acceptors (Lipinski definition) is 1. The van der Waals surface area contributed by atoms with Crippen LogP contribution in [0.3, 0.4) is 0 Å². The summed E-state index contributed by atoms with van der Waals surface area (Å²) in [6.45, 7) is 7.18. The normalized spacial score (nSPS) is 13.5. The van der Waals surface area contributed by atoms with Crippen LogP contribution in [0.15, 0.2) is 0 Å². The van der Waals surface area contributed by atoms with Crippen molar-refractivity contribution in [3.05, 3.63) is 34.6 Å². The molecule has 0 saturated heterocycles. The van der Waals surface area contributed by atoms with Gasteiger partial charge in [0.05, 0.1) is 5.60 Å². The molecular formula is C27H43F5O. The van der Waals surface area contributed by atoms with E-state index in [0.29, 0.717) is 19.4 Å². The highest BCUT2D eigenvalue weighted by Crippen LogP contribution is 2.27. The third-order valence-electron chi connectivity index (χ3n) is 6.49. The Kier molecular flexibility index (Phi) is 14.9. The maximum Gasteiger partial charge on any atom is 0.200 e. The van der Waals surface area contributed by atoms with Crippen molar-refractivity contribution in [2.24, 2.45) is 0 Å². The van der Waals surface area contributed by atoms with Gasteiger partial charge >= 0.3 is 0 Å². The van der Waals surface area contributed by atoms with Crippen LogP contribution in [0.25, 0.3) is 0 Å². The Balaban J connectivity index is 2.23. The van der Waals surface area contributed by atoms with Gasteiger partial charge < -0.3 is 4.74 Å². The van der Waals surface area contributed by atoms with Crippen LogP contribution < -0.4 is 0 Å². The van der Waals surface area contributed by atoms with E-state index in [-0.39, 0.29) is 12.0 Å². The predicted molar refractivity (Wildman–Crippen MR) is 125 cm³/mol. The highest BCUT2D eigenvalue weighted by atomic mass is 19.2. The Bertz CT molecular complexity index is 650. The van der Waals surface area contributed by atoms with Gasteiger partial charge in [0.1, 0.15) is 0 Å². The molecule has 0 amide bonds. The third kappa shape index (κ3) is 10.7. The van der Waals surface area contributed by atoms with E-state index >= 15 is 0 Å². The SMILES string of the molecule is CCCCCCCCCC(C)(CCCCCCCCc1c(F)c(F)c(F)c(F)c1F)OCC. The summed E-state index contributed by atoms with van der Waals surface area (Å²) in [6.07, 6.45) is 16.0. The van der Waals surface area contributed by atoms with Gasteiger partial charge in [0.2, 0.25) is 5.82 Å². The van der Waals surface area contributed by atoms with E-state index in [1.54, 1.807) is 0 Å². The van der Waals surface area contributed by atoms with Crippen LogP contribution in [-0.2, 0) is 11.2 Å². The Morgan fingerprint density at radius 1 is 0.545 bits per heavy atom. The monoisotopic (exact) mass is 478 g/mol. The highest BCUT2D eigenvalue weighted by Gasteiger charge is 2.25. The topological polar surface area (TPSA) is 9.23 Å². The largest absolute Gasteiger partial charge is 0.376 e. The van der Waals surface area contributed by atoms with E-state index in [4.69, 9.17) is 4.74 Å². The Hall–Kier alpha value is -1.17. The number of rotatable bonds is 19. The van der Waals surface area contributed by atoms with E-state index in [9.17, 15) is 22.0 Å². The highest BCUT2D eigenvalue weighted by molar-refractivity contribution is 5.24. The predicted octanol–water partition coefficient (Wildman–Crippen LogP) is 9.59. The molecule has 1 aromatic carbocycles. The average molecular weight is 479 g/mol. The van der Waals surface area contributed by atoms with Gasteiger partial charge in [-0.15, -0.1) is 0 Å². The van der Waals surface area contributed by atoms with Crippen molar-refractivity contribution in [2.75, 3.05) is 6.61 Å². The lowest BCUT2D eigenvalue weighted by atomic mass is 9.91. The summed E-state index contributed by atoms with van der Waals surface area (Å²) in [4.78, 5) is 0. The van der Waals surface area contributed by atoms with E-state index in [0.717, 1.165) is 38.5 Å². The number of unbranched alkanes of at least 4 members (excludes halogenated alkanes) is 11. The van der Waals surface area contributed by atoms with Gasteiger partial charge in [-0.1, -0.05) is 84.0 Å². The van der Waals surface area contributed by atoms with Gasteiger partial charge in [-0.2, -0.15) is 0 Å². The van der Waals surface area contributed by atoms with Crippen molar-refractivity contribution in [2.45, 2.75) is 129 Å². The van der Waals surface area contributed by atoms with Gasteiger partial charge in [-0.25, -0.2) is 22.0 Å². The minimum atomic E-state index is -2.10. The molecule has 0 N–H and O–H groups in total. The smallest absolute Gasteiger partial charge is 0.200 e. The molecule has 6 heteroatoms. The minimum absolute atomic E-state index is 0.0794. The standard InChI is InChI=1S/C27H43F5O/c1-4-6-7-8-10-13-16-19-27(3,33-5-2)20-17-14-11-9-12-15-18-21-22(28)24(30)26(32)25(31)23(21)29/h4-20H2,1-3H3. The van der Waals surface area contributed by atoms with Crippen molar-refractivity contribution in [1.29, 1.82) is 0 Å². The van der Waals surface area contributed by atoms with E-state index in [1.165, 1.54) is 44.9 Å². The molecule has 1 atom stereocenters. The van der Waals surface area contributed by atoms with Gasteiger partial charge in [0.25, 0.3) is 0 Å². The summed E-state index contributed by atoms with van der Waals surface area (Å²) in [5.74, 6) is -9.24. The first-order chi connectivity index (χ1) is 15.8. The molecule has 0 aliphatic rings. The van der Waals surface area contributed by atoms with Gasteiger partial charge in [0, 0.05) is 12.2 Å². The van der Waals surface area contributed by atoms with Crippen molar-refractivity contribution in [1.82, 2.24) is 0 Å². The second kappa shape index (κ2) is 16.5. The number of ether oxygens (including phenoxy) is 1. The number of benzene rings is 1. The van der Waals surface area contributed by atoms with Crippen molar-refractivity contribution >= 4 is 0 Å². The molecule has 0 bridgehead atoms. The van der Waals surface area contributed by atoms with Gasteiger partial charge in [0.15, 0.2) is 23.3 Å². The maximum absolute atomic E-state index is 13.7. The fourth-order valence-electron chi connectivity index (χ4n) is 4.45. The average Bonchev–Trinajstić information content (AvgIpc) is 2.79. The van der Waals surface area contributed by atoms with Crippen LogP contribution >= 0.6 is 0 Å². The number of halogens is 5. The minimum Gasteiger partial charge on any atom is -0.376 e. The second-order valence-corrected chi connectivity index (χ2v) is 9.42. The zero-order valence-electron chi connectivity index (χ0n) is 20.8. The van der Waals surface area contributed by atoms with Crippen LogP contribution in [0.2, 0.25) is 0 Å². The van der Waals surface area contributed by atoms with Crippen LogP contribution in [0.5, 0.6) is 0 Å². The zero-order chi connectivity index (χ0) is 24.7. The van der Waals surface area contributed by atoms with Crippen molar-refractivity contribution in [3.63, 3.8) is 0 Å². The quantitative estimate of drug-likeness (QED) is 0.0832. The lowest BCUT2D eigenvalue weighted by Gasteiger charge is -2.30. The van der Waals surface area contributed by atoms with Crippen molar-refractivity contribution in [3.8, 4) is 0 Å². The van der Waals surface area contributed by atoms with Gasteiger partial charge in [-0.05, 0) is 39.5 Å². The first-order valence-electron chi connectivity index (χ1n) is 12.9. The Labute approximate surface area is 197 Å².